The van der Waals surface area contributed by atoms with E-state index in [2.05, 4.69) is 20.9 Å². The maximum atomic E-state index is 10.4. The van der Waals surface area contributed by atoms with Crippen molar-refractivity contribution >= 4 is 22.2 Å². The summed E-state index contributed by atoms with van der Waals surface area (Å²) in [6, 6.07) is 3.78. The Morgan fingerprint density at radius 3 is 3.00 bits per heavy atom. The Bertz CT molecular complexity index is 262. The van der Waals surface area contributed by atoms with Crippen molar-refractivity contribution in [1.29, 1.82) is 0 Å². The van der Waals surface area contributed by atoms with Gasteiger partial charge in [0.1, 0.15) is 11.1 Å². The van der Waals surface area contributed by atoms with E-state index < -0.39 is 0 Å². The molecule has 0 aliphatic carbocycles. The van der Waals surface area contributed by atoms with Gasteiger partial charge in [-0.15, -0.1) is 0 Å². The Kier molecular flexibility index (Phi) is 2.76. The summed E-state index contributed by atoms with van der Waals surface area (Å²) in [6.45, 7) is 1.93. The van der Waals surface area contributed by atoms with E-state index in [1.165, 1.54) is 0 Å². The molecule has 2 nitrogen and oxygen atoms in total. The van der Waals surface area contributed by atoms with E-state index in [1.54, 1.807) is 6.20 Å². The van der Waals surface area contributed by atoms with Gasteiger partial charge in [-0.1, -0.05) is 22.0 Å². The first-order valence-electron chi connectivity index (χ1n) is 3.26. The first-order valence-corrected chi connectivity index (χ1v) is 4.18. The molecule has 11 heavy (non-hydrogen) atoms. The van der Waals surface area contributed by atoms with Gasteiger partial charge in [-0.2, -0.15) is 0 Å². The minimum Gasteiger partial charge on any atom is -0.302 e. The molecule has 1 aromatic heterocycles. The van der Waals surface area contributed by atoms with Gasteiger partial charge in [0.2, 0.25) is 0 Å². The summed E-state index contributed by atoms with van der Waals surface area (Å²) in [4.78, 5) is 14.2. The van der Waals surface area contributed by atoms with E-state index in [-0.39, 0.29) is 4.83 Å². The number of carbonyl (C=O) groups is 1. The van der Waals surface area contributed by atoms with Gasteiger partial charge >= 0.3 is 0 Å². The maximum absolute atomic E-state index is 10.4. The molecule has 0 unspecified atom stereocenters. The third-order valence-corrected chi connectivity index (χ3v) is 2.08. The number of rotatable bonds is 2. The number of pyridine rings is 1. The summed E-state index contributed by atoms with van der Waals surface area (Å²) >= 11 is 3.21. The zero-order valence-electron chi connectivity index (χ0n) is 6.12. The minimum atomic E-state index is -0.274. The second-order valence-electron chi connectivity index (χ2n) is 2.24. The van der Waals surface area contributed by atoms with Crippen LogP contribution in [0.2, 0.25) is 0 Å². The van der Waals surface area contributed by atoms with Crippen LogP contribution < -0.4 is 0 Å². The lowest BCUT2D eigenvalue weighted by Gasteiger charge is -2.03. The average molecular weight is 214 g/mol. The molecule has 0 N–H and O–H groups in total. The van der Waals surface area contributed by atoms with Crippen molar-refractivity contribution in [1.82, 2.24) is 4.98 Å². The summed E-state index contributed by atoms with van der Waals surface area (Å²) < 4.78 is 0. The molecule has 1 atom stereocenters. The highest BCUT2D eigenvalue weighted by molar-refractivity contribution is 9.09. The summed E-state index contributed by atoms with van der Waals surface area (Å²) in [5.41, 5.74) is 1.82. The predicted molar refractivity (Wildman–Crippen MR) is 46.7 cm³/mol. The molecule has 0 bridgehead atoms. The van der Waals surface area contributed by atoms with Gasteiger partial charge in [-0.05, 0) is 18.6 Å². The predicted octanol–water partition coefficient (Wildman–Crippen LogP) is 2.02. The molecule has 0 aliphatic rings. The van der Waals surface area contributed by atoms with Gasteiger partial charge in [-0.3, -0.25) is 4.98 Å². The number of hydrogen-bond acceptors (Lipinski definition) is 2. The summed E-state index contributed by atoms with van der Waals surface area (Å²) in [5, 5.41) is 0. The fourth-order valence-electron chi connectivity index (χ4n) is 0.851. The highest BCUT2D eigenvalue weighted by atomic mass is 79.9. The Morgan fingerprint density at radius 2 is 2.45 bits per heavy atom. The molecule has 0 fully saturated rings. The van der Waals surface area contributed by atoms with Gasteiger partial charge in [0.15, 0.2) is 0 Å². The summed E-state index contributed by atoms with van der Waals surface area (Å²) in [6.07, 6.45) is 2.51. The first kappa shape index (κ1) is 8.40. The fourth-order valence-corrected chi connectivity index (χ4v) is 1.33. The van der Waals surface area contributed by atoms with E-state index in [4.69, 9.17) is 0 Å². The van der Waals surface area contributed by atoms with Crippen molar-refractivity contribution in [2.75, 3.05) is 0 Å². The molecule has 0 amide bonds. The lowest BCUT2D eigenvalue weighted by atomic mass is 10.2. The fraction of sp³-hybridized carbons (Fsp3) is 0.250. The van der Waals surface area contributed by atoms with Crippen LogP contribution in [-0.2, 0) is 4.79 Å². The molecule has 0 aliphatic heterocycles. The highest BCUT2D eigenvalue weighted by Gasteiger charge is 2.08. The van der Waals surface area contributed by atoms with Crippen LogP contribution in [0.25, 0.3) is 0 Å². The Balaban J connectivity index is 3.02. The molecule has 0 aromatic carbocycles. The van der Waals surface area contributed by atoms with E-state index >= 15 is 0 Å². The van der Waals surface area contributed by atoms with E-state index in [1.807, 2.05) is 19.1 Å². The van der Waals surface area contributed by atoms with Gasteiger partial charge in [0, 0.05) is 6.20 Å². The second-order valence-corrected chi connectivity index (χ2v) is 3.23. The average Bonchev–Trinajstić information content (AvgIpc) is 2.04. The second kappa shape index (κ2) is 3.62. The number of aromatic nitrogens is 1. The van der Waals surface area contributed by atoms with Crippen LogP contribution in [0.3, 0.4) is 0 Å². The lowest BCUT2D eigenvalue weighted by Crippen LogP contribution is -1.97. The van der Waals surface area contributed by atoms with E-state index in [9.17, 15) is 4.79 Å². The van der Waals surface area contributed by atoms with E-state index in [0.717, 1.165) is 17.5 Å². The third-order valence-electron chi connectivity index (χ3n) is 1.43. The first-order chi connectivity index (χ1) is 5.25. The monoisotopic (exact) mass is 213 g/mol. The van der Waals surface area contributed by atoms with Crippen molar-refractivity contribution in [3.8, 4) is 0 Å². The Labute approximate surface area is 73.8 Å². The van der Waals surface area contributed by atoms with Gasteiger partial charge in [0.05, 0.1) is 5.69 Å². The summed E-state index contributed by atoms with van der Waals surface area (Å²) in [5.74, 6) is 0. The zero-order valence-corrected chi connectivity index (χ0v) is 7.71. The van der Waals surface area contributed by atoms with Crippen molar-refractivity contribution < 1.29 is 4.79 Å². The molecule has 58 valence electrons. The van der Waals surface area contributed by atoms with Crippen LogP contribution in [0.1, 0.15) is 16.1 Å². The van der Waals surface area contributed by atoms with E-state index in [0.29, 0.717) is 0 Å². The number of nitrogens with zero attached hydrogens (tertiary/aromatic N) is 1. The normalized spacial score (nSPS) is 12.5. The van der Waals surface area contributed by atoms with Crippen molar-refractivity contribution in [3.05, 3.63) is 29.6 Å². The summed E-state index contributed by atoms with van der Waals surface area (Å²) in [7, 11) is 0. The molecular weight excluding hydrogens is 206 g/mol. The van der Waals surface area contributed by atoms with Crippen LogP contribution in [0, 0.1) is 6.92 Å². The van der Waals surface area contributed by atoms with Crippen molar-refractivity contribution in [2.24, 2.45) is 0 Å². The molecule has 0 saturated carbocycles. The van der Waals surface area contributed by atoms with Crippen molar-refractivity contribution in [3.63, 3.8) is 0 Å². The molecule has 3 heteroatoms. The number of alkyl halides is 1. The number of aldehydes is 1. The SMILES string of the molecule is Cc1cccnc1[C@H](Br)C=O. The maximum Gasteiger partial charge on any atom is 0.139 e. The van der Waals surface area contributed by atoms with Crippen molar-refractivity contribution in [2.45, 2.75) is 11.8 Å². The van der Waals surface area contributed by atoms with Crippen LogP contribution in [-0.4, -0.2) is 11.3 Å². The third kappa shape index (κ3) is 1.87. The quantitative estimate of drug-likeness (QED) is 0.556. The Hall–Kier alpha value is -0.700. The van der Waals surface area contributed by atoms with Crippen LogP contribution in [0.5, 0.6) is 0 Å². The standard InChI is InChI=1S/C8H8BrNO/c1-6-3-2-4-10-8(6)7(9)5-11/h2-5,7H,1H3/t7-/m1/s1. The molecule has 0 saturated heterocycles. The molecule has 1 rings (SSSR count). The topological polar surface area (TPSA) is 30.0 Å². The number of halogens is 1. The molecule has 0 radical (unpaired) electrons. The lowest BCUT2D eigenvalue weighted by molar-refractivity contribution is -0.107. The number of aryl methyl sites for hydroxylation is 1. The van der Waals surface area contributed by atoms with Gasteiger partial charge in [0.25, 0.3) is 0 Å². The number of hydrogen-bond donors (Lipinski definition) is 0. The zero-order chi connectivity index (χ0) is 8.27. The van der Waals surface area contributed by atoms with Gasteiger partial charge < -0.3 is 4.79 Å². The molecule has 1 aromatic rings. The Morgan fingerprint density at radius 1 is 1.73 bits per heavy atom. The smallest absolute Gasteiger partial charge is 0.139 e. The molecule has 0 spiro atoms. The highest BCUT2D eigenvalue weighted by Crippen LogP contribution is 2.20. The molecular formula is C8H8BrNO. The minimum absolute atomic E-state index is 0.274. The van der Waals surface area contributed by atoms with Gasteiger partial charge in [-0.25, -0.2) is 0 Å². The largest absolute Gasteiger partial charge is 0.302 e. The number of carbonyl (C=O) groups excluding carboxylic acids is 1. The van der Waals surface area contributed by atoms with Crippen LogP contribution >= 0.6 is 15.9 Å². The van der Waals surface area contributed by atoms with Crippen LogP contribution in [0.15, 0.2) is 18.3 Å². The molecule has 1 heterocycles. The van der Waals surface area contributed by atoms with Crippen LogP contribution in [0.4, 0.5) is 0 Å².